The summed E-state index contributed by atoms with van der Waals surface area (Å²) in [4.78, 5) is 12.8. The molecule has 6 nitrogen and oxygen atoms in total. The Kier molecular flexibility index (Phi) is 5.40. The minimum absolute atomic E-state index is 0.788. The number of fused-ring (bicyclic) bond motifs is 9. The zero-order chi connectivity index (χ0) is 29.0. The number of rotatable bonds is 4. The van der Waals surface area contributed by atoms with Gasteiger partial charge in [0.15, 0.2) is 0 Å². The summed E-state index contributed by atoms with van der Waals surface area (Å²) in [5, 5.41) is 0. The van der Waals surface area contributed by atoms with E-state index in [0.717, 1.165) is 67.4 Å². The van der Waals surface area contributed by atoms with Gasteiger partial charge in [-0.1, -0.05) is 78.9 Å². The topological polar surface area (TPSA) is 42.8 Å². The number of hydrogen-bond donors (Lipinski definition) is 0. The van der Waals surface area contributed by atoms with E-state index < -0.39 is 0 Å². The number of benzene rings is 6. The molecule has 0 radical (unpaired) electrons. The average Bonchev–Trinajstić information content (AvgIpc) is 3.62. The van der Waals surface area contributed by atoms with Crippen LogP contribution >= 0.6 is 0 Å². The molecule has 44 heavy (non-hydrogen) atoms. The van der Waals surface area contributed by atoms with Gasteiger partial charge in [0.05, 0.1) is 38.8 Å². The van der Waals surface area contributed by atoms with Crippen LogP contribution in [0.5, 0.6) is 0 Å². The van der Waals surface area contributed by atoms with E-state index in [-0.39, 0.29) is 0 Å². The average molecular weight is 567 g/mol. The van der Waals surface area contributed by atoms with E-state index in [1.165, 1.54) is 0 Å². The second-order valence-electron chi connectivity index (χ2n) is 10.8. The summed E-state index contributed by atoms with van der Waals surface area (Å²) >= 11 is 0. The molecular formula is C38H26N6. The van der Waals surface area contributed by atoms with Crippen LogP contribution in [0.1, 0.15) is 0 Å². The number of hydrogen-bond acceptors (Lipinski definition) is 3. The molecule has 6 heteroatoms. The normalized spacial score (nSPS) is 11.6. The van der Waals surface area contributed by atoms with Crippen molar-refractivity contribution in [2.24, 2.45) is 0 Å². The molecule has 0 saturated carbocycles. The number of anilines is 3. The Morgan fingerprint density at radius 3 is 1.34 bits per heavy atom. The van der Waals surface area contributed by atoms with Gasteiger partial charge in [-0.25, -0.2) is 14.5 Å². The molecule has 0 bridgehead atoms. The number of nitrogens with zero attached hydrogens (tertiary/aromatic N) is 6. The minimum Gasteiger partial charge on any atom is -0.310 e. The van der Waals surface area contributed by atoms with Gasteiger partial charge in [0.2, 0.25) is 11.6 Å². The zero-order valence-corrected chi connectivity index (χ0v) is 23.7. The van der Waals surface area contributed by atoms with Gasteiger partial charge in [0.25, 0.3) is 0 Å². The maximum absolute atomic E-state index is 5.25. The second-order valence-corrected chi connectivity index (χ2v) is 10.8. The Morgan fingerprint density at radius 2 is 0.818 bits per heavy atom. The highest BCUT2D eigenvalue weighted by atomic mass is 15.3. The number of para-hydroxylation sites is 8. The SMILES string of the molecule is c1ccc(N(c2ccccc2)c2cccc(-n3c4nc5ccccc5n4c4ccccc4n4c5ccccc5nc34)c2)cc1. The molecule has 9 rings (SSSR count). The molecule has 3 heterocycles. The van der Waals surface area contributed by atoms with Crippen LogP contribution in [0.4, 0.5) is 17.1 Å². The van der Waals surface area contributed by atoms with Crippen molar-refractivity contribution in [3.63, 3.8) is 0 Å². The highest BCUT2D eigenvalue weighted by Gasteiger charge is 2.20. The van der Waals surface area contributed by atoms with E-state index in [1.54, 1.807) is 0 Å². The van der Waals surface area contributed by atoms with Crippen LogP contribution in [0.15, 0.2) is 158 Å². The van der Waals surface area contributed by atoms with Crippen molar-refractivity contribution in [3.8, 4) is 5.69 Å². The third-order valence-electron chi connectivity index (χ3n) is 8.22. The molecule has 0 N–H and O–H groups in total. The fourth-order valence-corrected chi connectivity index (χ4v) is 6.34. The summed E-state index contributed by atoms with van der Waals surface area (Å²) in [5.41, 5.74) is 10.2. The van der Waals surface area contributed by atoms with Gasteiger partial charge in [-0.05, 0) is 78.9 Å². The first kappa shape index (κ1) is 24.5. The van der Waals surface area contributed by atoms with Crippen LogP contribution in [-0.4, -0.2) is 23.3 Å². The molecule has 0 fully saturated rings. The van der Waals surface area contributed by atoms with Crippen LogP contribution in [0.2, 0.25) is 0 Å². The van der Waals surface area contributed by atoms with Crippen molar-refractivity contribution in [3.05, 3.63) is 158 Å². The molecule has 0 amide bonds. The molecule has 0 spiro atoms. The molecule has 3 aromatic heterocycles. The Labute approximate surface area is 253 Å². The van der Waals surface area contributed by atoms with E-state index in [9.17, 15) is 0 Å². The first-order chi connectivity index (χ1) is 21.8. The summed E-state index contributed by atoms with van der Waals surface area (Å²) in [6.45, 7) is 0. The maximum Gasteiger partial charge on any atom is 0.223 e. The predicted molar refractivity (Wildman–Crippen MR) is 179 cm³/mol. The first-order valence-corrected chi connectivity index (χ1v) is 14.7. The Bertz CT molecular complexity index is 2350. The Morgan fingerprint density at radius 1 is 0.386 bits per heavy atom. The largest absolute Gasteiger partial charge is 0.310 e. The summed E-state index contributed by atoms with van der Waals surface area (Å²) in [7, 11) is 0. The van der Waals surface area contributed by atoms with Crippen molar-refractivity contribution in [2.45, 2.75) is 0 Å². The van der Waals surface area contributed by atoms with Gasteiger partial charge in [-0.15, -0.1) is 0 Å². The highest BCUT2D eigenvalue weighted by Crippen LogP contribution is 2.36. The van der Waals surface area contributed by atoms with Crippen LogP contribution in [0.25, 0.3) is 50.3 Å². The van der Waals surface area contributed by atoms with Crippen molar-refractivity contribution in [2.75, 3.05) is 4.90 Å². The van der Waals surface area contributed by atoms with Gasteiger partial charge < -0.3 is 4.90 Å². The smallest absolute Gasteiger partial charge is 0.223 e. The molecule has 0 aliphatic rings. The first-order valence-electron chi connectivity index (χ1n) is 14.7. The molecule has 0 saturated heterocycles. The quantitative estimate of drug-likeness (QED) is 0.213. The van der Waals surface area contributed by atoms with Gasteiger partial charge in [0, 0.05) is 17.1 Å². The molecule has 0 aliphatic heterocycles. The molecule has 0 unspecified atom stereocenters. The van der Waals surface area contributed by atoms with E-state index in [0.29, 0.717) is 0 Å². The van der Waals surface area contributed by atoms with Crippen LogP contribution < -0.4 is 4.90 Å². The molecule has 0 atom stereocenters. The van der Waals surface area contributed by atoms with Gasteiger partial charge >= 0.3 is 0 Å². The van der Waals surface area contributed by atoms with Crippen molar-refractivity contribution < 1.29 is 0 Å². The van der Waals surface area contributed by atoms with E-state index in [2.05, 4.69) is 152 Å². The second kappa shape index (κ2) is 9.71. The van der Waals surface area contributed by atoms with E-state index >= 15 is 0 Å². The molecule has 6 aromatic carbocycles. The van der Waals surface area contributed by atoms with Crippen LogP contribution in [0.3, 0.4) is 0 Å². The Hall–Kier alpha value is -6.14. The van der Waals surface area contributed by atoms with Gasteiger partial charge in [-0.3, -0.25) is 8.80 Å². The number of imidazole rings is 2. The summed E-state index contributed by atoms with van der Waals surface area (Å²) in [6.07, 6.45) is 0. The fraction of sp³-hybridized carbons (Fsp3) is 0. The molecule has 0 aliphatic carbocycles. The van der Waals surface area contributed by atoms with Crippen molar-refractivity contribution >= 4 is 61.7 Å². The fourth-order valence-electron chi connectivity index (χ4n) is 6.34. The lowest BCUT2D eigenvalue weighted by Gasteiger charge is -2.26. The number of aromatic nitrogens is 5. The summed E-state index contributed by atoms with van der Waals surface area (Å²) < 4.78 is 6.71. The maximum atomic E-state index is 5.25. The van der Waals surface area contributed by atoms with Crippen LogP contribution in [0, 0.1) is 0 Å². The minimum atomic E-state index is 0.788. The van der Waals surface area contributed by atoms with Gasteiger partial charge in [0.1, 0.15) is 0 Å². The Balaban J connectivity index is 1.44. The van der Waals surface area contributed by atoms with Crippen LogP contribution in [-0.2, 0) is 0 Å². The predicted octanol–water partition coefficient (Wildman–Crippen LogP) is 9.26. The van der Waals surface area contributed by atoms with Crippen molar-refractivity contribution in [1.29, 1.82) is 0 Å². The monoisotopic (exact) mass is 566 g/mol. The van der Waals surface area contributed by atoms with E-state index in [1.807, 2.05) is 24.3 Å². The lowest BCUT2D eigenvalue weighted by atomic mass is 10.2. The van der Waals surface area contributed by atoms with Gasteiger partial charge in [-0.2, -0.15) is 0 Å². The van der Waals surface area contributed by atoms with E-state index in [4.69, 9.17) is 9.97 Å². The molecular weight excluding hydrogens is 540 g/mol. The summed E-state index contributed by atoms with van der Waals surface area (Å²) in [6, 6.07) is 54.7. The third kappa shape index (κ3) is 3.68. The zero-order valence-electron chi connectivity index (χ0n) is 23.7. The van der Waals surface area contributed by atoms with Crippen molar-refractivity contribution in [1.82, 2.24) is 23.3 Å². The third-order valence-corrected chi connectivity index (χ3v) is 8.22. The lowest BCUT2D eigenvalue weighted by molar-refractivity contribution is 1.03. The molecule has 208 valence electrons. The molecule has 9 aromatic rings. The highest BCUT2D eigenvalue weighted by molar-refractivity contribution is 5.93. The standard InChI is InChI=1S/C38H26N6/c1-3-14-27(15-4-1)41(28-16-5-2-6-17-28)29-18-13-19-30(26-29)42-37-39-31-20-7-9-22-33(31)43(37)35-24-11-12-25-36(35)44-34-23-10-8-21-32(34)40-38(42)44/h1-26H. The lowest BCUT2D eigenvalue weighted by Crippen LogP contribution is -2.10. The summed E-state index contributed by atoms with van der Waals surface area (Å²) in [5.74, 6) is 1.58.